The van der Waals surface area contributed by atoms with Crippen LogP contribution in [0.15, 0.2) is 24.3 Å². The molecule has 9 heteroatoms. The van der Waals surface area contributed by atoms with Crippen LogP contribution in [0.1, 0.15) is 18.9 Å². The summed E-state index contributed by atoms with van der Waals surface area (Å²) in [7, 11) is 3.90. The Morgan fingerprint density at radius 2 is 1.81 bits per heavy atom. The number of nitrogens with zero attached hydrogens (tertiary/aromatic N) is 1. The fourth-order valence-corrected chi connectivity index (χ4v) is 2.16. The van der Waals surface area contributed by atoms with Crippen LogP contribution in [0.3, 0.4) is 0 Å². The number of rotatable bonds is 8. The predicted octanol–water partition coefficient (Wildman–Crippen LogP) is 2.48. The van der Waals surface area contributed by atoms with E-state index in [0.29, 0.717) is 6.42 Å². The third kappa shape index (κ3) is 9.14. The van der Waals surface area contributed by atoms with Gasteiger partial charge in [0.2, 0.25) is 5.91 Å². The van der Waals surface area contributed by atoms with Gasteiger partial charge in [-0.25, -0.2) is 4.79 Å². The molecule has 1 aromatic carbocycles. The van der Waals surface area contributed by atoms with E-state index < -0.39 is 18.9 Å². The van der Waals surface area contributed by atoms with Crippen LogP contribution in [0.25, 0.3) is 0 Å². The standard InChI is InChI=1S/C17H24F3N3O3/c1-12(10-13-4-6-14(7-5-13)23(2)3)22-15(24)8-9-21-16(25)26-11-17(18,19)20/h4-7,12H,8-11H2,1-3H3,(H,21,25)(H,22,24)/t12-/m0/s1. The smallest absolute Gasteiger partial charge is 0.422 e. The molecule has 0 saturated heterocycles. The SMILES string of the molecule is C[C@@H](Cc1ccc(N(C)C)cc1)NC(=O)CCNC(=O)OCC(F)(F)F. The molecule has 0 unspecified atom stereocenters. The molecule has 0 bridgehead atoms. The van der Waals surface area contributed by atoms with Crippen LogP contribution < -0.4 is 15.5 Å². The van der Waals surface area contributed by atoms with Crippen LogP contribution in [0.4, 0.5) is 23.7 Å². The van der Waals surface area contributed by atoms with E-state index in [1.165, 1.54) is 0 Å². The second-order valence-electron chi connectivity index (χ2n) is 6.10. The Morgan fingerprint density at radius 3 is 2.35 bits per heavy atom. The maximum Gasteiger partial charge on any atom is 0.422 e. The molecule has 0 saturated carbocycles. The number of carbonyl (C=O) groups excluding carboxylic acids is 2. The summed E-state index contributed by atoms with van der Waals surface area (Å²) in [6, 6.07) is 7.82. The number of ether oxygens (including phenoxy) is 1. The molecular formula is C17H24F3N3O3. The highest BCUT2D eigenvalue weighted by Gasteiger charge is 2.29. The number of hydrogen-bond acceptors (Lipinski definition) is 4. The number of amides is 2. The maximum absolute atomic E-state index is 11.9. The van der Waals surface area contributed by atoms with Gasteiger partial charge in [0.1, 0.15) is 0 Å². The molecule has 0 aliphatic heterocycles. The van der Waals surface area contributed by atoms with Gasteiger partial charge in [0, 0.05) is 38.8 Å². The van der Waals surface area contributed by atoms with Gasteiger partial charge in [0.25, 0.3) is 0 Å². The first-order valence-electron chi connectivity index (χ1n) is 8.10. The minimum atomic E-state index is -4.57. The highest BCUT2D eigenvalue weighted by molar-refractivity contribution is 5.77. The van der Waals surface area contributed by atoms with Crippen molar-refractivity contribution in [3.63, 3.8) is 0 Å². The lowest BCUT2D eigenvalue weighted by molar-refractivity contribution is -0.160. The van der Waals surface area contributed by atoms with Crippen molar-refractivity contribution in [2.75, 3.05) is 32.1 Å². The number of alkyl carbamates (subject to hydrolysis) is 1. The third-order valence-corrected chi connectivity index (χ3v) is 3.39. The van der Waals surface area contributed by atoms with Gasteiger partial charge in [-0.15, -0.1) is 0 Å². The molecule has 6 nitrogen and oxygen atoms in total. The summed E-state index contributed by atoms with van der Waals surface area (Å²) in [5.41, 5.74) is 2.14. The molecule has 0 spiro atoms. The van der Waals surface area contributed by atoms with Gasteiger partial charge in [-0.1, -0.05) is 12.1 Å². The summed E-state index contributed by atoms with van der Waals surface area (Å²) >= 11 is 0. The van der Waals surface area contributed by atoms with Crippen LogP contribution in [-0.4, -0.2) is 51.5 Å². The van der Waals surface area contributed by atoms with E-state index in [1.807, 2.05) is 50.2 Å². The lowest BCUT2D eigenvalue weighted by Gasteiger charge is -2.16. The Bertz CT molecular complexity index is 589. The quantitative estimate of drug-likeness (QED) is 0.732. The molecule has 146 valence electrons. The fourth-order valence-electron chi connectivity index (χ4n) is 2.16. The molecule has 1 rings (SSSR count). The van der Waals surface area contributed by atoms with Crippen molar-refractivity contribution < 1.29 is 27.5 Å². The monoisotopic (exact) mass is 375 g/mol. The van der Waals surface area contributed by atoms with Gasteiger partial charge in [-0.3, -0.25) is 4.79 Å². The van der Waals surface area contributed by atoms with Crippen molar-refractivity contribution in [3.8, 4) is 0 Å². The first kappa shape index (κ1) is 21.6. The summed E-state index contributed by atoms with van der Waals surface area (Å²) in [6.07, 6.45) is -5.19. The first-order chi connectivity index (χ1) is 12.1. The number of benzene rings is 1. The Balaban J connectivity index is 2.26. The normalized spacial score (nSPS) is 12.2. The van der Waals surface area contributed by atoms with Crippen molar-refractivity contribution in [3.05, 3.63) is 29.8 Å². The van der Waals surface area contributed by atoms with Crippen LogP contribution in [-0.2, 0) is 16.0 Å². The minimum absolute atomic E-state index is 0.0506. The summed E-state index contributed by atoms with van der Waals surface area (Å²) in [5.74, 6) is -0.307. The van der Waals surface area contributed by atoms with Gasteiger partial charge < -0.3 is 20.3 Å². The molecule has 1 atom stereocenters. The number of halogens is 3. The van der Waals surface area contributed by atoms with Crippen LogP contribution in [0, 0.1) is 0 Å². The zero-order chi connectivity index (χ0) is 19.7. The molecule has 2 amide bonds. The van der Waals surface area contributed by atoms with Crippen molar-refractivity contribution in [1.82, 2.24) is 10.6 Å². The molecule has 2 N–H and O–H groups in total. The summed E-state index contributed by atoms with van der Waals surface area (Å²) in [6.45, 7) is 0.0875. The van der Waals surface area contributed by atoms with Gasteiger partial charge in [0.15, 0.2) is 6.61 Å². The Hall–Kier alpha value is -2.45. The van der Waals surface area contributed by atoms with Gasteiger partial charge in [-0.2, -0.15) is 13.2 Å². The molecular weight excluding hydrogens is 351 g/mol. The third-order valence-electron chi connectivity index (χ3n) is 3.39. The van der Waals surface area contributed by atoms with E-state index in [2.05, 4.69) is 15.4 Å². The molecule has 1 aromatic rings. The maximum atomic E-state index is 11.9. The second kappa shape index (κ2) is 9.88. The molecule has 0 aliphatic carbocycles. The van der Waals surface area contributed by atoms with Gasteiger partial charge in [-0.05, 0) is 31.0 Å². The van der Waals surface area contributed by atoms with E-state index in [9.17, 15) is 22.8 Å². The first-order valence-corrected chi connectivity index (χ1v) is 8.10. The van der Waals surface area contributed by atoms with E-state index >= 15 is 0 Å². The van der Waals surface area contributed by atoms with Crippen LogP contribution in [0.5, 0.6) is 0 Å². The molecule has 26 heavy (non-hydrogen) atoms. The Kier molecular flexibility index (Phi) is 8.21. The molecule has 0 fully saturated rings. The van der Waals surface area contributed by atoms with Crippen molar-refractivity contribution in [2.24, 2.45) is 0 Å². The topological polar surface area (TPSA) is 70.7 Å². The number of alkyl halides is 3. The van der Waals surface area contributed by atoms with Gasteiger partial charge in [0.05, 0.1) is 0 Å². The van der Waals surface area contributed by atoms with E-state index in [-0.39, 0.29) is 24.9 Å². The average Bonchev–Trinajstić information content (AvgIpc) is 2.52. The highest BCUT2D eigenvalue weighted by Crippen LogP contribution is 2.14. The van der Waals surface area contributed by atoms with Crippen LogP contribution in [0.2, 0.25) is 0 Å². The summed E-state index contributed by atoms with van der Waals surface area (Å²) in [5, 5.41) is 4.87. The second-order valence-corrected chi connectivity index (χ2v) is 6.10. The van der Waals surface area contributed by atoms with Crippen LogP contribution >= 0.6 is 0 Å². The number of anilines is 1. The highest BCUT2D eigenvalue weighted by atomic mass is 19.4. The number of carbonyl (C=O) groups is 2. The minimum Gasteiger partial charge on any atom is -0.440 e. The Labute approximate surface area is 150 Å². The fraction of sp³-hybridized carbons (Fsp3) is 0.529. The van der Waals surface area contributed by atoms with E-state index in [1.54, 1.807) is 0 Å². The average molecular weight is 375 g/mol. The largest absolute Gasteiger partial charge is 0.440 e. The lowest BCUT2D eigenvalue weighted by Crippen LogP contribution is -2.37. The lowest BCUT2D eigenvalue weighted by atomic mass is 10.1. The van der Waals surface area contributed by atoms with E-state index in [4.69, 9.17) is 0 Å². The van der Waals surface area contributed by atoms with Crippen molar-refractivity contribution in [1.29, 1.82) is 0 Å². The zero-order valence-electron chi connectivity index (χ0n) is 15.0. The molecule has 0 heterocycles. The van der Waals surface area contributed by atoms with E-state index in [0.717, 1.165) is 11.3 Å². The van der Waals surface area contributed by atoms with Crippen molar-refractivity contribution in [2.45, 2.75) is 32.0 Å². The summed E-state index contributed by atoms with van der Waals surface area (Å²) in [4.78, 5) is 24.8. The number of nitrogens with one attached hydrogen (secondary N) is 2. The predicted molar refractivity (Wildman–Crippen MR) is 92.1 cm³/mol. The summed E-state index contributed by atoms with van der Waals surface area (Å²) < 4.78 is 39.6. The number of hydrogen-bond donors (Lipinski definition) is 2. The van der Waals surface area contributed by atoms with Crippen molar-refractivity contribution >= 4 is 17.7 Å². The molecule has 0 aliphatic rings. The zero-order valence-corrected chi connectivity index (χ0v) is 15.0. The van der Waals surface area contributed by atoms with Gasteiger partial charge >= 0.3 is 12.3 Å². The molecule has 0 aromatic heterocycles. The molecule has 0 radical (unpaired) electrons. The Morgan fingerprint density at radius 1 is 1.19 bits per heavy atom.